The zero-order valence-electron chi connectivity index (χ0n) is 10.1. The number of carbonyl (C=O) groups is 1. The number of hydrogen-bond donors (Lipinski definition) is 3. The van der Waals surface area contributed by atoms with Gasteiger partial charge in [0, 0.05) is 5.02 Å². The predicted molar refractivity (Wildman–Crippen MR) is 76.3 cm³/mol. The Balaban J connectivity index is 1.92. The highest BCUT2D eigenvalue weighted by molar-refractivity contribution is 7.99. The normalized spacial score (nSPS) is 10.4. The summed E-state index contributed by atoms with van der Waals surface area (Å²) in [7, 11) is 0. The number of nitrogens with one attached hydrogen (secondary N) is 2. The Bertz CT molecular complexity index is 601. The van der Waals surface area contributed by atoms with Gasteiger partial charge in [0.25, 0.3) is 0 Å². The van der Waals surface area contributed by atoms with Crippen LogP contribution in [0.2, 0.25) is 5.02 Å². The Morgan fingerprint density at radius 2 is 2.37 bits per heavy atom. The van der Waals surface area contributed by atoms with Gasteiger partial charge < -0.3 is 11.1 Å². The Morgan fingerprint density at radius 3 is 3.05 bits per heavy atom. The lowest BCUT2D eigenvalue weighted by molar-refractivity contribution is -0.113. The number of aromatic nitrogens is 3. The molecule has 0 unspecified atom stereocenters. The molecule has 0 bridgehead atoms. The molecule has 6 nitrogen and oxygen atoms in total. The minimum Gasteiger partial charge on any atom is -0.397 e. The summed E-state index contributed by atoms with van der Waals surface area (Å²) in [4.78, 5) is 15.9. The number of nitrogen functional groups attached to an aromatic ring is 1. The van der Waals surface area contributed by atoms with Crippen molar-refractivity contribution in [1.82, 2.24) is 15.2 Å². The lowest BCUT2D eigenvalue weighted by atomic mass is 10.2. The summed E-state index contributed by atoms with van der Waals surface area (Å²) in [6.45, 7) is 1.80. The van der Waals surface area contributed by atoms with Crippen molar-refractivity contribution in [3.05, 3.63) is 29.0 Å². The van der Waals surface area contributed by atoms with Gasteiger partial charge in [0.05, 0.1) is 17.1 Å². The van der Waals surface area contributed by atoms with Crippen molar-refractivity contribution < 1.29 is 4.79 Å². The maximum absolute atomic E-state index is 11.8. The van der Waals surface area contributed by atoms with Gasteiger partial charge in [-0.3, -0.25) is 9.89 Å². The molecule has 8 heteroatoms. The van der Waals surface area contributed by atoms with Crippen LogP contribution in [0, 0.1) is 6.92 Å². The maximum atomic E-state index is 11.8. The second kappa shape index (κ2) is 5.94. The van der Waals surface area contributed by atoms with Crippen LogP contribution in [0.5, 0.6) is 0 Å². The number of nitrogens with two attached hydrogens (primary N) is 1. The third kappa shape index (κ3) is 3.87. The summed E-state index contributed by atoms with van der Waals surface area (Å²) in [6, 6.07) is 4.91. The summed E-state index contributed by atoms with van der Waals surface area (Å²) in [6.07, 6.45) is 0. The van der Waals surface area contributed by atoms with Gasteiger partial charge in [-0.05, 0) is 25.1 Å². The number of anilines is 2. The zero-order chi connectivity index (χ0) is 13.8. The minimum absolute atomic E-state index is 0.193. The van der Waals surface area contributed by atoms with Gasteiger partial charge >= 0.3 is 0 Å². The summed E-state index contributed by atoms with van der Waals surface area (Å²) in [5.74, 6) is 0.715. The lowest BCUT2D eigenvalue weighted by Gasteiger charge is -2.07. The van der Waals surface area contributed by atoms with E-state index < -0.39 is 0 Å². The van der Waals surface area contributed by atoms with E-state index in [0.717, 1.165) is 0 Å². The van der Waals surface area contributed by atoms with Gasteiger partial charge in [-0.1, -0.05) is 23.4 Å². The number of halogens is 1. The first-order chi connectivity index (χ1) is 9.04. The molecule has 0 radical (unpaired) electrons. The van der Waals surface area contributed by atoms with Gasteiger partial charge in [0.15, 0.2) is 0 Å². The third-order valence-electron chi connectivity index (χ3n) is 2.20. The van der Waals surface area contributed by atoms with Crippen LogP contribution in [0.4, 0.5) is 11.4 Å². The molecule has 19 heavy (non-hydrogen) atoms. The quantitative estimate of drug-likeness (QED) is 0.593. The molecule has 0 saturated heterocycles. The van der Waals surface area contributed by atoms with E-state index in [-0.39, 0.29) is 11.7 Å². The first-order valence-electron chi connectivity index (χ1n) is 5.41. The highest BCUT2D eigenvalue weighted by Gasteiger charge is 2.08. The van der Waals surface area contributed by atoms with E-state index in [0.29, 0.717) is 27.4 Å². The van der Waals surface area contributed by atoms with Crippen molar-refractivity contribution in [3.8, 4) is 0 Å². The number of H-pyrrole nitrogens is 1. The monoisotopic (exact) mass is 297 g/mol. The number of aromatic amines is 1. The largest absolute Gasteiger partial charge is 0.397 e. The molecule has 1 aromatic heterocycles. The van der Waals surface area contributed by atoms with Crippen molar-refractivity contribution in [1.29, 1.82) is 0 Å². The smallest absolute Gasteiger partial charge is 0.234 e. The number of carbonyl (C=O) groups excluding carboxylic acids is 1. The van der Waals surface area contributed by atoms with Crippen molar-refractivity contribution >= 4 is 40.6 Å². The molecular formula is C11H12ClN5OS. The van der Waals surface area contributed by atoms with E-state index in [1.807, 2.05) is 0 Å². The first-order valence-corrected chi connectivity index (χ1v) is 6.77. The molecule has 1 aromatic carbocycles. The molecule has 0 saturated carbocycles. The van der Waals surface area contributed by atoms with Gasteiger partial charge in [-0.2, -0.15) is 0 Å². The Hall–Kier alpha value is -1.73. The van der Waals surface area contributed by atoms with E-state index in [9.17, 15) is 4.79 Å². The lowest BCUT2D eigenvalue weighted by Crippen LogP contribution is -2.15. The van der Waals surface area contributed by atoms with E-state index >= 15 is 0 Å². The highest BCUT2D eigenvalue weighted by Crippen LogP contribution is 2.23. The zero-order valence-corrected chi connectivity index (χ0v) is 11.7. The summed E-state index contributed by atoms with van der Waals surface area (Å²) in [5, 5.41) is 10.4. The summed E-state index contributed by atoms with van der Waals surface area (Å²) >= 11 is 7.08. The Kier molecular flexibility index (Phi) is 4.28. The van der Waals surface area contributed by atoms with Crippen LogP contribution in [0.25, 0.3) is 0 Å². The molecular weight excluding hydrogens is 286 g/mol. The van der Waals surface area contributed by atoms with Crippen LogP contribution in [-0.2, 0) is 4.79 Å². The van der Waals surface area contributed by atoms with Gasteiger partial charge in [-0.25, -0.2) is 4.98 Å². The number of hydrogen-bond acceptors (Lipinski definition) is 5. The Morgan fingerprint density at radius 1 is 1.58 bits per heavy atom. The average Bonchev–Trinajstić information content (AvgIpc) is 2.77. The van der Waals surface area contributed by atoms with Crippen molar-refractivity contribution in [2.75, 3.05) is 16.8 Å². The number of nitrogens with zero attached hydrogens (tertiary/aromatic N) is 2. The fraction of sp³-hybridized carbons (Fsp3) is 0.182. The summed E-state index contributed by atoms with van der Waals surface area (Å²) < 4.78 is 0. The van der Waals surface area contributed by atoms with Crippen LogP contribution in [-0.4, -0.2) is 26.8 Å². The molecule has 0 atom stereocenters. The number of thioether (sulfide) groups is 1. The molecule has 100 valence electrons. The molecule has 0 fully saturated rings. The molecule has 1 amide bonds. The van der Waals surface area contributed by atoms with E-state index in [2.05, 4.69) is 20.5 Å². The highest BCUT2D eigenvalue weighted by atomic mass is 35.5. The second-order valence-electron chi connectivity index (χ2n) is 3.77. The number of benzene rings is 1. The molecule has 0 aliphatic heterocycles. The minimum atomic E-state index is -0.193. The van der Waals surface area contributed by atoms with Crippen molar-refractivity contribution in [2.24, 2.45) is 0 Å². The molecule has 2 rings (SSSR count). The van der Waals surface area contributed by atoms with Crippen LogP contribution in [0.3, 0.4) is 0 Å². The average molecular weight is 298 g/mol. The topological polar surface area (TPSA) is 96.7 Å². The fourth-order valence-electron chi connectivity index (χ4n) is 1.34. The van der Waals surface area contributed by atoms with E-state index in [1.165, 1.54) is 11.8 Å². The van der Waals surface area contributed by atoms with Crippen LogP contribution in [0.1, 0.15) is 5.82 Å². The third-order valence-corrected chi connectivity index (χ3v) is 3.28. The van der Waals surface area contributed by atoms with Crippen molar-refractivity contribution in [3.63, 3.8) is 0 Å². The van der Waals surface area contributed by atoms with Crippen LogP contribution in [0.15, 0.2) is 23.4 Å². The fourth-order valence-corrected chi connectivity index (χ4v) is 2.16. The SMILES string of the molecule is Cc1nc(SCC(=O)Nc2cc(Cl)ccc2N)n[nH]1. The van der Waals surface area contributed by atoms with Gasteiger partial charge in [0.2, 0.25) is 11.1 Å². The Labute approximate surface area is 119 Å². The van der Waals surface area contributed by atoms with Gasteiger partial charge in [-0.15, -0.1) is 5.10 Å². The number of rotatable bonds is 4. The molecule has 0 aliphatic rings. The molecule has 2 aromatic rings. The maximum Gasteiger partial charge on any atom is 0.234 e. The van der Waals surface area contributed by atoms with Crippen LogP contribution < -0.4 is 11.1 Å². The van der Waals surface area contributed by atoms with E-state index in [1.54, 1.807) is 25.1 Å². The van der Waals surface area contributed by atoms with Crippen LogP contribution >= 0.6 is 23.4 Å². The van der Waals surface area contributed by atoms with Crippen molar-refractivity contribution in [2.45, 2.75) is 12.1 Å². The number of aryl methyl sites for hydroxylation is 1. The summed E-state index contributed by atoms with van der Waals surface area (Å²) in [5.41, 5.74) is 6.71. The predicted octanol–water partition coefficient (Wildman–Crippen LogP) is 2.08. The van der Waals surface area contributed by atoms with E-state index in [4.69, 9.17) is 17.3 Å². The second-order valence-corrected chi connectivity index (χ2v) is 5.15. The number of amides is 1. The first kappa shape index (κ1) is 13.7. The standard InChI is InChI=1S/C11H12ClN5OS/c1-6-14-11(17-16-6)19-5-10(18)15-9-4-7(12)2-3-8(9)13/h2-4H,5,13H2,1H3,(H,15,18)(H,14,16,17). The molecule has 0 spiro atoms. The van der Waals surface area contributed by atoms with Gasteiger partial charge in [0.1, 0.15) is 5.82 Å². The molecule has 4 N–H and O–H groups in total. The molecule has 0 aliphatic carbocycles. The molecule has 1 heterocycles.